The molecule has 0 N–H and O–H groups in total. The largest absolute Gasteiger partial charge is 0.449 e. The highest BCUT2D eigenvalue weighted by molar-refractivity contribution is 9.10. The van der Waals surface area contributed by atoms with Gasteiger partial charge in [-0.2, -0.15) is 0 Å². The van der Waals surface area contributed by atoms with Crippen LogP contribution in [0.4, 0.5) is 4.79 Å². The van der Waals surface area contributed by atoms with Gasteiger partial charge in [0.1, 0.15) is 0 Å². The predicted molar refractivity (Wildman–Crippen MR) is 69.3 cm³/mol. The van der Waals surface area contributed by atoms with Crippen molar-refractivity contribution in [3.8, 4) is 0 Å². The number of rotatable bonds is 1. The first-order chi connectivity index (χ1) is 8.75. The second-order valence-corrected chi connectivity index (χ2v) is 5.48. The summed E-state index contributed by atoms with van der Waals surface area (Å²) in [6, 6.07) is 8.10. The van der Waals surface area contributed by atoms with Crippen LogP contribution in [0, 0.1) is 0 Å². The fraction of sp³-hybridized carbons (Fsp3) is 0.462. The molecule has 2 aliphatic heterocycles. The van der Waals surface area contributed by atoms with E-state index in [1.807, 2.05) is 29.2 Å². The molecule has 0 aliphatic carbocycles. The number of halogens is 1. The van der Waals surface area contributed by atoms with Gasteiger partial charge in [0.2, 0.25) is 0 Å². The molecule has 0 unspecified atom stereocenters. The number of hydrogen-bond acceptors (Lipinski definition) is 3. The third kappa shape index (κ3) is 2.12. The normalized spacial score (nSPS) is 27.6. The second kappa shape index (κ2) is 4.90. The molecular weight excluding hydrogens is 298 g/mol. The minimum atomic E-state index is -0.220. The zero-order valence-corrected chi connectivity index (χ0v) is 11.4. The topological polar surface area (TPSA) is 38.8 Å². The molecule has 0 saturated carbocycles. The van der Waals surface area contributed by atoms with Crippen molar-refractivity contribution in [1.29, 1.82) is 0 Å². The Morgan fingerprint density at radius 2 is 2.00 bits per heavy atom. The molecule has 1 aromatic rings. The van der Waals surface area contributed by atoms with Gasteiger partial charge < -0.3 is 9.47 Å². The lowest BCUT2D eigenvalue weighted by Crippen LogP contribution is -2.53. The van der Waals surface area contributed by atoms with Crippen molar-refractivity contribution in [3.05, 3.63) is 34.3 Å². The van der Waals surface area contributed by atoms with Crippen LogP contribution < -0.4 is 0 Å². The third-order valence-electron chi connectivity index (χ3n) is 3.46. The first-order valence-electron chi connectivity index (χ1n) is 6.04. The Kier molecular flexibility index (Phi) is 3.26. The fourth-order valence-electron chi connectivity index (χ4n) is 2.53. The van der Waals surface area contributed by atoms with Crippen LogP contribution in [0.25, 0.3) is 0 Å². The molecule has 2 aliphatic rings. The molecule has 2 fully saturated rings. The summed E-state index contributed by atoms with van der Waals surface area (Å²) in [7, 11) is 0. The average molecular weight is 312 g/mol. The van der Waals surface area contributed by atoms with E-state index in [4.69, 9.17) is 9.47 Å². The molecule has 96 valence electrons. The Hall–Kier alpha value is -1.07. The number of ether oxygens (including phenoxy) is 2. The van der Waals surface area contributed by atoms with Crippen molar-refractivity contribution >= 4 is 22.0 Å². The van der Waals surface area contributed by atoms with E-state index in [0.29, 0.717) is 19.8 Å². The van der Waals surface area contributed by atoms with Crippen LogP contribution in [0.3, 0.4) is 0 Å². The highest BCUT2D eigenvalue weighted by atomic mass is 79.9. The number of amides is 1. The number of hydrogen-bond donors (Lipinski definition) is 0. The highest BCUT2D eigenvalue weighted by Gasteiger charge is 2.39. The van der Waals surface area contributed by atoms with E-state index in [0.717, 1.165) is 16.5 Å². The Bertz CT molecular complexity index is 446. The molecule has 5 heteroatoms. The van der Waals surface area contributed by atoms with Crippen LogP contribution in [0.15, 0.2) is 28.7 Å². The van der Waals surface area contributed by atoms with Crippen molar-refractivity contribution in [1.82, 2.24) is 4.90 Å². The monoisotopic (exact) mass is 311 g/mol. The van der Waals surface area contributed by atoms with Gasteiger partial charge in [-0.3, -0.25) is 4.90 Å². The van der Waals surface area contributed by atoms with Crippen molar-refractivity contribution in [2.75, 3.05) is 19.8 Å². The number of benzene rings is 1. The molecule has 1 aromatic carbocycles. The van der Waals surface area contributed by atoms with Crippen LogP contribution in [0.2, 0.25) is 0 Å². The molecule has 1 amide bonds. The minimum Gasteiger partial charge on any atom is -0.449 e. The number of cyclic esters (lactones) is 1. The van der Waals surface area contributed by atoms with Crippen molar-refractivity contribution in [2.45, 2.75) is 18.5 Å². The molecule has 2 saturated heterocycles. The molecule has 0 radical (unpaired) electrons. The lowest BCUT2D eigenvalue weighted by atomic mass is 10.0. The van der Waals surface area contributed by atoms with E-state index < -0.39 is 0 Å². The fourth-order valence-corrected chi connectivity index (χ4v) is 2.79. The summed E-state index contributed by atoms with van der Waals surface area (Å²) in [6.07, 6.45) is 0.626. The van der Waals surface area contributed by atoms with Crippen LogP contribution in [-0.4, -0.2) is 36.9 Å². The van der Waals surface area contributed by atoms with Crippen molar-refractivity contribution < 1.29 is 14.3 Å². The summed E-state index contributed by atoms with van der Waals surface area (Å²) in [6.45, 7) is 1.64. The summed E-state index contributed by atoms with van der Waals surface area (Å²) in [5.74, 6) is 0. The van der Waals surface area contributed by atoms with Gasteiger partial charge in [-0.15, -0.1) is 0 Å². The van der Waals surface area contributed by atoms with E-state index in [2.05, 4.69) is 15.9 Å². The molecule has 3 rings (SSSR count). The summed E-state index contributed by atoms with van der Waals surface area (Å²) in [5, 5.41) is 0. The van der Waals surface area contributed by atoms with Crippen LogP contribution in [0.1, 0.15) is 18.0 Å². The van der Waals surface area contributed by atoms with Gasteiger partial charge in [-0.25, -0.2) is 4.79 Å². The summed E-state index contributed by atoms with van der Waals surface area (Å²) in [4.78, 5) is 13.7. The predicted octanol–water partition coefficient (Wildman–Crippen LogP) is 2.73. The van der Waals surface area contributed by atoms with E-state index in [9.17, 15) is 4.79 Å². The molecule has 0 spiro atoms. The van der Waals surface area contributed by atoms with Gasteiger partial charge in [-0.1, -0.05) is 28.1 Å². The Labute approximate surface area is 114 Å². The van der Waals surface area contributed by atoms with Gasteiger partial charge in [0, 0.05) is 10.9 Å². The zero-order valence-electron chi connectivity index (χ0n) is 9.84. The smallest absolute Gasteiger partial charge is 0.410 e. The molecule has 2 heterocycles. The van der Waals surface area contributed by atoms with E-state index >= 15 is 0 Å². The van der Waals surface area contributed by atoms with E-state index in [-0.39, 0.29) is 18.2 Å². The van der Waals surface area contributed by atoms with E-state index in [1.54, 1.807) is 0 Å². The molecule has 2 atom stereocenters. The van der Waals surface area contributed by atoms with E-state index in [1.165, 1.54) is 0 Å². The Morgan fingerprint density at radius 1 is 1.22 bits per heavy atom. The van der Waals surface area contributed by atoms with Crippen LogP contribution in [0.5, 0.6) is 0 Å². The summed E-state index contributed by atoms with van der Waals surface area (Å²) < 4.78 is 11.8. The number of carbonyl (C=O) groups excluding carboxylic acids is 1. The van der Waals surface area contributed by atoms with Gasteiger partial charge in [0.05, 0.1) is 31.9 Å². The van der Waals surface area contributed by atoms with Gasteiger partial charge in [0.15, 0.2) is 0 Å². The molecular formula is C13H14BrNO3. The standard InChI is InChI=1S/C13H14BrNO3/c14-10-3-1-9(2-4-10)12-8-17-7-11-5-6-18-13(16)15(11)12/h1-4,11-12H,5-8H2/t11-,12+/m1/s1. The summed E-state index contributed by atoms with van der Waals surface area (Å²) >= 11 is 3.41. The van der Waals surface area contributed by atoms with Gasteiger partial charge >= 0.3 is 6.09 Å². The first-order valence-corrected chi connectivity index (χ1v) is 6.83. The first kappa shape index (κ1) is 12.0. The molecule has 4 nitrogen and oxygen atoms in total. The minimum absolute atomic E-state index is 0.0374. The van der Waals surface area contributed by atoms with Gasteiger partial charge in [-0.05, 0) is 17.7 Å². The lowest BCUT2D eigenvalue weighted by Gasteiger charge is -2.43. The second-order valence-electron chi connectivity index (χ2n) is 4.57. The third-order valence-corrected chi connectivity index (χ3v) is 3.99. The van der Waals surface area contributed by atoms with Crippen molar-refractivity contribution in [3.63, 3.8) is 0 Å². The Balaban J connectivity index is 1.89. The maximum Gasteiger partial charge on any atom is 0.410 e. The number of nitrogens with zero attached hydrogens (tertiary/aromatic N) is 1. The number of fused-ring (bicyclic) bond motifs is 1. The maximum atomic E-state index is 11.9. The number of carbonyl (C=O) groups is 1. The van der Waals surface area contributed by atoms with Crippen molar-refractivity contribution in [2.24, 2.45) is 0 Å². The summed E-state index contributed by atoms with van der Waals surface area (Å²) in [5.41, 5.74) is 1.08. The quantitative estimate of drug-likeness (QED) is 0.800. The average Bonchev–Trinajstić information content (AvgIpc) is 2.39. The SMILES string of the molecule is O=C1OCC[C@@H]2COC[C@@H](c3ccc(Br)cc3)N12. The highest BCUT2D eigenvalue weighted by Crippen LogP contribution is 2.32. The van der Waals surface area contributed by atoms with Gasteiger partial charge in [0.25, 0.3) is 0 Å². The molecule has 0 bridgehead atoms. The molecule has 18 heavy (non-hydrogen) atoms. The van der Waals surface area contributed by atoms with Crippen LogP contribution in [-0.2, 0) is 9.47 Å². The molecule has 0 aromatic heterocycles. The van der Waals surface area contributed by atoms with Crippen LogP contribution >= 0.6 is 15.9 Å². The zero-order chi connectivity index (χ0) is 12.5. The Morgan fingerprint density at radius 3 is 2.78 bits per heavy atom. The maximum absolute atomic E-state index is 11.9. The number of morpholine rings is 1. The lowest BCUT2D eigenvalue weighted by molar-refractivity contribution is -0.0718.